The second kappa shape index (κ2) is 8.42. The lowest BCUT2D eigenvalue weighted by Gasteiger charge is -2.30. The van der Waals surface area contributed by atoms with Gasteiger partial charge in [-0.3, -0.25) is 10.2 Å². The standard InChI is InChI=1S/C20H29F3N2O/c1-4-5-6-7-8-9-15-10-12-16(13-11-15)17(20(21,22)23)25-14-19(2,3)18(26)24-25/h10-13,17H,4-9,14H2,1-3H3,(H,24,26)/t17-/m0/s1. The average molecular weight is 370 g/mol. The van der Waals surface area contributed by atoms with Crippen molar-refractivity contribution >= 4 is 5.91 Å². The first-order chi connectivity index (χ1) is 12.1. The monoisotopic (exact) mass is 370 g/mol. The van der Waals surface area contributed by atoms with E-state index in [-0.39, 0.29) is 18.0 Å². The summed E-state index contributed by atoms with van der Waals surface area (Å²) in [5, 5.41) is 1.02. The van der Waals surface area contributed by atoms with E-state index in [1.165, 1.54) is 31.4 Å². The number of alkyl halides is 3. The van der Waals surface area contributed by atoms with E-state index in [0.717, 1.165) is 29.8 Å². The van der Waals surface area contributed by atoms with E-state index in [2.05, 4.69) is 12.3 Å². The maximum Gasteiger partial charge on any atom is 0.409 e. The number of hydrazine groups is 1. The van der Waals surface area contributed by atoms with Crippen LogP contribution in [0.1, 0.15) is 70.0 Å². The van der Waals surface area contributed by atoms with Gasteiger partial charge < -0.3 is 0 Å². The summed E-state index contributed by atoms with van der Waals surface area (Å²) >= 11 is 0. The van der Waals surface area contributed by atoms with Crippen molar-refractivity contribution in [3.63, 3.8) is 0 Å². The normalized spacial score (nSPS) is 18.8. The maximum atomic E-state index is 13.7. The minimum Gasteiger partial charge on any atom is -0.287 e. The third kappa shape index (κ3) is 5.22. The first-order valence-corrected chi connectivity index (χ1v) is 9.38. The summed E-state index contributed by atoms with van der Waals surface area (Å²) in [6.07, 6.45) is 2.24. The Morgan fingerprint density at radius 1 is 1.12 bits per heavy atom. The summed E-state index contributed by atoms with van der Waals surface area (Å²) in [6.45, 7) is 5.49. The first kappa shape index (κ1) is 20.7. The Labute approximate surface area is 153 Å². The van der Waals surface area contributed by atoms with Gasteiger partial charge in [-0.25, -0.2) is 5.01 Å². The Balaban J connectivity index is 2.06. The molecule has 26 heavy (non-hydrogen) atoms. The molecule has 146 valence electrons. The number of amides is 1. The molecule has 0 saturated carbocycles. The average Bonchev–Trinajstić information content (AvgIpc) is 2.80. The predicted octanol–water partition coefficient (Wildman–Crippen LogP) is 5.18. The van der Waals surface area contributed by atoms with Crippen LogP contribution in [-0.4, -0.2) is 23.6 Å². The minimum absolute atomic E-state index is 0.0230. The van der Waals surface area contributed by atoms with Crippen molar-refractivity contribution in [2.24, 2.45) is 5.41 Å². The van der Waals surface area contributed by atoms with E-state index in [1.807, 2.05) is 0 Å². The number of nitrogens with zero attached hydrogens (tertiary/aromatic N) is 1. The van der Waals surface area contributed by atoms with Crippen molar-refractivity contribution < 1.29 is 18.0 Å². The van der Waals surface area contributed by atoms with Crippen LogP contribution in [0.5, 0.6) is 0 Å². The SMILES string of the molecule is CCCCCCCc1ccc([C@H](N2CC(C)(C)C(=O)N2)C(F)(F)F)cc1. The van der Waals surface area contributed by atoms with Crippen LogP contribution in [-0.2, 0) is 11.2 Å². The highest BCUT2D eigenvalue weighted by molar-refractivity contribution is 5.83. The molecule has 1 fully saturated rings. The van der Waals surface area contributed by atoms with E-state index in [0.29, 0.717) is 0 Å². The molecular weight excluding hydrogens is 341 g/mol. The Hall–Kier alpha value is -1.56. The van der Waals surface area contributed by atoms with Gasteiger partial charge in [0.25, 0.3) is 0 Å². The summed E-state index contributed by atoms with van der Waals surface area (Å²) in [5.74, 6) is -0.379. The van der Waals surface area contributed by atoms with Crippen LogP contribution in [0.3, 0.4) is 0 Å². The van der Waals surface area contributed by atoms with E-state index in [4.69, 9.17) is 0 Å². The van der Waals surface area contributed by atoms with Crippen molar-refractivity contribution in [3.05, 3.63) is 35.4 Å². The molecule has 1 heterocycles. The number of halogens is 3. The molecule has 3 nitrogen and oxygen atoms in total. The molecule has 0 aromatic heterocycles. The van der Waals surface area contributed by atoms with Gasteiger partial charge in [0.15, 0.2) is 0 Å². The molecule has 6 heteroatoms. The van der Waals surface area contributed by atoms with Crippen LogP contribution >= 0.6 is 0 Å². The van der Waals surface area contributed by atoms with Crippen molar-refractivity contribution in [2.45, 2.75) is 71.5 Å². The summed E-state index contributed by atoms with van der Waals surface area (Å²) in [7, 11) is 0. The van der Waals surface area contributed by atoms with E-state index < -0.39 is 17.6 Å². The Morgan fingerprint density at radius 2 is 1.73 bits per heavy atom. The van der Waals surface area contributed by atoms with Crippen LogP contribution in [0.25, 0.3) is 0 Å². The zero-order valence-corrected chi connectivity index (χ0v) is 15.8. The smallest absolute Gasteiger partial charge is 0.287 e. The van der Waals surface area contributed by atoms with Crippen LogP contribution < -0.4 is 5.43 Å². The number of rotatable bonds is 8. The number of hydrogen-bond acceptors (Lipinski definition) is 2. The molecule has 0 spiro atoms. The van der Waals surface area contributed by atoms with Crippen molar-refractivity contribution in [3.8, 4) is 0 Å². The number of carbonyl (C=O) groups is 1. The molecule has 0 aliphatic carbocycles. The van der Waals surface area contributed by atoms with E-state index in [1.54, 1.807) is 26.0 Å². The second-order valence-electron chi connectivity index (χ2n) is 7.80. The van der Waals surface area contributed by atoms with Gasteiger partial charge in [-0.05, 0) is 37.8 Å². The topological polar surface area (TPSA) is 32.3 Å². The highest BCUT2D eigenvalue weighted by Gasteiger charge is 2.51. The van der Waals surface area contributed by atoms with Gasteiger partial charge in [0.05, 0.1) is 5.41 Å². The number of hydrogen-bond donors (Lipinski definition) is 1. The van der Waals surface area contributed by atoms with Crippen LogP contribution in [0.15, 0.2) is 24.3 Å². The quantitative estimate of drug-likeness (QED) is 0.640. The molecule has 1 saturated heterocycles. The lowest BCUT2D eigenvalue weighted by Crippen LogP contribution is -2.43. The summed E-state index contributed by atoms with van der Waals surface area (Å²) < 4.78 is 41.0. The highest BCUT2D eigenvalue weighted by Crippen LogP contribution is 2.40. The fourth-order valence-corrected chi connectivity index (χ4v) is 3.32. The minimum atomic E-state index is -4.46. The van der Waals surface area contributed by atoms with Gasteiger partial charge in [0, 0.05) is 6.54 Å². The van der Waals surface area contributed by atoms with Crippen molar-refractivity contribution in [1.82, 2.24) is 10.4 Å². The number of aryl methyl sites for hydroxylation is 1. The lowest BCUT2D eigenvalue weighted by atomic mass is 9.93. The zero-order chi connectivity index (χ0) is 19.4. The first-order valence-electron chi connectivity index (χ1n) is 9.38. The molecule has 1 aliphatic rings. The Bertz CT molecular complexity index is 596. The Kier molecular flexibility index (Phi) is 6.72. The number of carbonyl (C=O) groups excluding carboxylic acids is 1. The van der Waals surface area contributed by atoms with Gasteiger partial charge in [-0.2, -0.15) is 13.2 Å². The molecule has 0 radical (unpaired) electrons. The van der Waals surface area contributed by atoms with Gasteiger partial charge in [-0.15, -0.1) is 0 Å². The molecule has 1 atom stereocenters. The van der Waals surface area contributed by atoms with Gasteiger partial charge in [-0.1, -0.05) is 56.9 Å². The van der Waals surface area contributed by atoms with Crippen molar-refractivity contribution in [1.29, 1.82) is 0 Å². The fourth-order valence-electron chi connectivity index (χ4n) is 3.32. The van der Waals surface area contributed by atoms with Gasteiger partial charge in [0.1, 0.15) is 6.04 Å². The summed E-state index contributed by atoms with van der Waals surface area (Å²) in [5.41, 5.74) is 2.77. The lowest BCUT2D eigenvalue weighted by molar-refractivity contribution is -0.191. The molecule has 1 aliphatic heterocycles. The number of benzene rings is 1. The van der Waals surface area contributed by atoms with Crippen LogP contribution in [0.4, 0.5) is 13.2 Å². The van der Waals surface area contributed by atoms with E-state index in [9.17, 15) is 18.0 Å². The number of unbranched alkanes of at least 4 members (excludes halogenated alkanes) is 4. The largest absolute Gasteiger partial charge is 0.409 e. The molecule has 0 bridgehead atoms. The highest BCUT2D eigenvalue weighted by atomic mass is 19.4. The molecule has 1 N–H and O–H groups in total. The Morgan fingerprint density at radius 3 is 2.23 bits per heavy atom. The molecule has 1 amide bonds. The van der Waals surface area contributed by atoms with Crippen molar-refractivity contribution in [2.75, 3.05) is 6.54 Å². The fraction of sp³-hybridized carbons (Fsp3) is 0.650. The van der Waals surface area contributed by atoms with Crippen LogP contribution in [0, 0.1) is 5.41 Å². The molecule has 0 unspecified atom stereocenters. The molecule has 2 rings (SSSR count). The molecule has 1 aromatic carbocycles. The van der Waals surface area contributed by atoms with Crippen LogP contribution in [0.2, 0.25) is 0 Å². The van der Waals surface area contributed by atoms with E-state index >= 15 is 0 Å². The van der Waals surface area contributed by atoms with Gasteiger partial charge in [0.2, 0.25) is 5.91 Å². The third-order valence-electron chi connectivity index (χ3n) is 4.91. The summed E-state index contributed by atoms with van der Waals surface area (Å²) in [6, 6.07) is 4.80. The third-order valence-corrected chi connectivity index (χ3v) is 4.91. The maximum absolute atomic E-state index is 13.7. The van der Waals surface area contributed by atoms with Gasteiger partial charge >= 0.3 is 6.18 Å². The zero-order valence-electron chi connectivity index (χ0n) is 15.8. The second-order valence-corrected chi connectivity index (χ2v) is 7.80. The molecular formula is C20H29F3N2O. The summed E-state index contributed by atoms with van der Waals surface area (Å²) in [4.78, 5) is 11.9. The predicted molar refractivity (Wildman–Crippen MR) is 96.3 cm³/mol. The molecule has 1 aromatic rings. The number of nitrogens with one attached hydrogen (secondary N) is 1.